The lowest BCUT2D eigenvalue weighted by Gasteiger charge is -2.15. The van der Waals surface area contributed by atoms with Crippen LogP contribution in [0.1, 0.15) is 20.3 Å². The van der Waals surface area contributed by atoms with Gasteiger partial charge in [-0.25, -0.2) is 0 Å². The molecule has 0 aliphatic carbocycles. The molecule has 0 rings (SSSR count). The Hall–Kier alpha value is -0.380. The van der Waals surface area contributed by atoms with E-state index >= 15 is 0 Å². The topological polar surface area (TPSA) is 78.6 Å². The van der Waals surface area contributed by atoms with Crippen molar-refractivity contribution in [3.05, 3.63) is 0 Å². The van der Waals surface area contributed by atoms with Crippen LogP contribution < -0.4 is 5.73 Å². The minimum Gasteiger partial charge on any atom is -0.370 e. The van der Waals surface area contributed by atoms with Crippen molar-refractivity contribution in [2.24, 2.45) is 5.73 Å². The number of amides is 1. The molecule has 0 saturated carbocycles. The van der Waals surface area contributed by atoms with Gasteiger partial charge in [-0.15, -0.1) is 0 Å². The molecule has 0 aromatic carbocycles. The van der Waals surface area contributed by atoms with Crippen molar-refractivity contribution >= 4 is 13.5 Å². The maximum absolute atomic E-state index is 11.7. The minimum atomic E-state index is -3.07. The van der Waals surface area contributed by atoms with Crippen LogP contribution in [0.2, 0.25) is 0 Å². The van der Waals surface area contributed by atoms with E-state index < -0.39 is 13.5 Å². The number of hydrogen-bond donors (Lipinski definition) is 1. The first kappa shape index (κ1) is 12.6. The zero-order chi connectivity index (χ0) is 10.3. The fourth-order valence-corrected chi connectivity index (χ4v) is 2.42. The van der Waals surface area contributed by atoms with Crippen molar-refractivity contribution in [1.82, 2.24) is 0 Å². The van der Waals surface area contributed by atoms with Crippen molar-refractivity contribution in [3.63, 3.8) is 0 Å². The van der Waals surface area contributed by atoms with Crippen LogP contribution in [0.5, 0.6) is 0 Å². The Morgan fingerprint density at radius 3 is 2.08 bits per heavy atom. The molecule has 1 amide bonds. The van der Waals surface area contributed by atoms with Gasteiger partial charge in [0.15, 0.2) is 0 Å². The summed E-state index contributed by atoms with van der Waals surface area (Å²) in [6.07, 6.45) is 0.0846. The van der Waals surface area contributed by atoms with Gasteiger partial charge < -0.3 is 14.8 Å². The van der Waals surface area contributed by atoms with Crippen molar-refractivity contribution in [1.29, 1.82) is 0 Å². The number of hydrogen-bond acceptors (Lipinski definition) is 4. The molecule has 6 heteroatoms. The maximum Gasteiger partial charge on any atom is 0.331 e. The van der Waals surface area contributed by atoms with Gasteiger partial charge in [0.2, 0.25) is 5.91 Å². The van der Waals surface area contributed by atoms with Crippen molar-refractivity contribution in [2.45, 2.75) is 20.3 Å². The second-order valence-electron chi connectivity index (χ2n) is 2.39. The lowest BCUT2D eigenvalue weighted by molar-refractivity contribution is -0.117. The van der Waals surface area contributed by atoms with Crippen LogP contribution in [0.15, 0.2) is 0 Å². The van der Waals surface area contributed by atoms with Crippen molar-refractivity contribution in [3.8, 4) is 0 Å². The number of carbonyl (C=O) groups is 1. The summed E-state index contributed by atoms with van der Waals surface area (Å²) in [6, 6.07) is 0. The third kappa shape index (κ3) is 5.80. The first-order valence-corrected chi connectivity index (χ1v) is 5.93. The van der Waals surface area contributed by atoms with E-state index in [0.717, 1.165) is 0 Å². The number of rotatable bonds is 7. The molecule has 0 aromatic rings. The molecule has 78 valence electrons. The third-order valence-corrected chi connectivity index (χ3v) is 3.36. The lowest BCUT2D eigenvalue weighted by Crippen LogP contribution is -2.13. The van der Waals surface area contributed by atoms with Gasteiger partial charge >= 0.3 is 7.60 Å². The normalized spacial score (nSPS) is 11.5. The van der Waals surface area contributed by atoms with Crippen LogP contribution in [0.4, 0.5) is 0 Å². The summed E-state index contributed by atoms with van der Waals surface area (Å²) < 4.78 is 21.6. The largest absolute Gasteiger partial charge is 0.370 e. The van der Waals surface area contributed by atoms with E-state index in [1.54, 1.807) is 13.8 Å². The van der Waals surface area contributed by atoms with Crippen LogP contribution in [0.3, 0.4) is 0 Å². The summed E-state index contributed by atoms with van der Waals surface area (Å²) in [7, 11) is -3.07. The van der Waals surface area contributed by atoms with Gasteiger partial charge in [-0.2, -0.15) is 0 Å². The van der Waals surface area contributed by atoms with Gasteiger partial charge in [0.05, 0.1) is 19.4 Å². The zero-order valence-electron chi connectivity index (χ0n) is 7.99. The van der Waals surface area contributed by atoms with E-state index in [1.807, 2.05) is 0 Å². The van der Waals surface area contributed by atoms with E-state index in [2.05, 4.69) is 0 Å². The van der Waals surface area contributed by atoms with Crippen LogP contribution >= 0.6 is 7.60 Å². The van der Waals surface area contributed by atoms with E-state index in [4.69, 9.17) is 14.8 Å². The smallest absolute Gasteiger partial charge is 0.331 e. The van der Waals surface area contributed by atoms with Crippen molar-refractivity contribution < 1.29 is 18.4 Å². The number of nitrogens with two attached hydrogens (primary N) is 1. The van der Waals surface area contributed by atoms with Crippen LogP contribution in [-0.2, 0) is 18.4 Å². The fraction of sp³-hybridized carbons (Fsp3) is 0.857. The van der Waals surface area contributed by atoms with Crippen LogP contribution in [0.25, 0.3) is 0 Å². The molecular weight excluding hydrogens is 193 g/mol. The molecule has 0 unspecified atom stereocenters. The molecule has 0 spiro atoms. The molecule has 5 nitrogen and oxygen atoms in total. The first-order chi connectivity index (χ1) is 6.04. The Morgan fingerprint density at radius 2 is 1.77 bits per heavy atom. The van der Waals surface area contributed by atoms with Crippen LogP contribution in [0, 0.1) is 0 Å². The summed E-state index contributed by atoms with van der Waals surface area (Å²) in [4.78, 5) is 10.4. The highest BCUT2D eigenvalue weighted by atomic mass is 31.2. The van der Waals surface area contributed by atoms with Gasteiger partial charge in [0.1, 0.15) is 0 Å². The second kappa shape index (κ2) is 6.13. The Bertz CT molecular complexity index is 197. The molecule has 2 N–H and O–H groups in total. The zero-order valence-corrected chi connectivity index (χ0v) is 8.88. The standard InChI is InChI=1S/C7H16NO4P/c1-3-11-13(10,12-4-2)6-5-7(8)9/h3-6H2,1-2H3,(H2,8,9). The monoisotopic (exact) mass is 209 g/mol. The van der Waals surface area contributed by atoms with Crippen molar-refractivity contribution in [2.75, 3.05) is 19.4 Å². The SMILES string of the molecule is CCOP(=O)(CCC(N)=O)OCC. The number of carbonyl (C=O) groups excluding carboxylic acids is 1. The molecule has 0 heterocycles. The van der Waals surface area contributed by atoms with Crippen LogP contribution in [-0.4, -0.2) is 25.3 Å². The minimum absolute atomic E-state index is 0.0251. The Kier molecular flexibility index (Phi) is 5.95. The Morgan fingerprint density at radius 1 is 1.31 bits per heavy atom. The van der Waals surface area contributed by atoms with E-state index in [-0.39, 0.29) is 12.6 Å². The van der Waals surface area contributed by atoms with Gasteiger partial charge in [0, 0.05) is 6.42 Å². The summed E-state index contributed by atoms with van der Waals surface area (Å²) in [6.45, 7) is 4.04. The third-order valence-electron chi connectivity index (χ3n) is 1.28. The molecule has 0 radical (unpaired) electrons. The summed E-state index contributed by atoms with van der Waals surface area (Å²) in [5.41, 5.74) is 4.92. The molecule has 13 heavy (non-hydrogen) atoms. The molecule has 0 aliphatic heterocycles. The molecule has 0 saturated heterocycles. The molecule has 0 atom stereocenters. The predicted octanol–water partition coefficient (Wildman–Crippen LogP) is 1.13. The molecule has 0 fully saturated rings. The maximum atomic E-state index is 11.7. The number of primary amides is 1. The van der Waals surface area contributed by atoms with E-state index in [1.165, 1.54) is 0 Å². The first-order valence-electron chi connectivity index (χ1n) is 4.20. The average Bonchev–Trinajstić information content (AvgIpc) is 2.02. The summed E-state index contributed by atoms with van der Waals surface area (Å²) in [5, 5.41) is 0. The molecule has 0 aliphatic rings. The highest BCUT2D eigenvalue weighted by Crippen LogP contribution is 2.48. The Labute approximate surface area is 78.1 Å². The van der Waals surface area contributed by atoms with Gasteiger partial charge in [-0.3, -0.25) is 9.36 Å². The molecular formula is C7H16NO4P. The highest BCUT2D eigenvalue weighted by molar-refractivity contribution is 7.53. The average molecular weight is 209 g/mol. The fourth-order valence-electron chi connectivity index (χ4n) is 0.807. The Balaban J connectivity index is 4.07. The highest BCUT2D eigenvalue weighted by Gasteiger charge is 2.23. The van der Waals surface area contributed by atoms with E-state index in [9.17, 15) is 9.36 Å². The molecule has 0 bridgehead atoms. The lowest BCUT2D eigenvalue weighted by atomic mass is 10.5. The summed E-state index contributed by atoms with van der Waals surface area (Å²) in [5.74, 6) is -0.500. The van der Waals surface area contributed by atoms with Gasteiger partial charge in [0.25, 0.3) is 0 Å². The summed E-state index contributed by atoms with van der Waals surface area (Å²) >= 11 is 0. The second-order valence-corrected chi connectivity index (χ2v) is 4.57. The van der Waals surface area contributed by atoms with Gasteiger partial charge in [-0.05, 0) is 13.8 Å². The quantitative estimate of drug-likeness (QED) is 0.637. The predicted molar refractivity (Wildman–Crippen MR) is 49.5 cm³/mol. The van der Waals surface area contributed by atoms with E-state index in [0.29, 0.717) is 13.2 Å². The van der Waals surface area contributed by atoms with Gasteiger partial charge in [-0.1, -0.05) is 0 Å². The molecule has 0 aromatic heterocycles.